The first-order valence-corrected chi connectivity index (χ1v) is 8.82. The van der Waals surface area contributed by atoms with E-state index in [4.69, 9.17) is 11.6 Å². The van der Waals surface area contributed by atoms with Gasteiger partial charge in [0.15, 0.2) is 0 Å². The topological polar surface area (TPSA) is 71.1 Å². The van der Waals surface area contributed by atoms with Crippen molar-refractivity contribution >= 4 is 29.1 Å². The molecule has 2 N–H and O–H groups in total. The van der Waals surface area contributed by atoms with Crippen molar-refractivity contribution in [2.75, 3.05) is 5.32 Å². The fraction of sp³-hybridized carbons (Fsp3) is 0.316. The van der Waals surface area contributed by atoms with Crippen molar-refractivity contribution in [3.05, 3.63) is 58.9 Å². The van der Waals surface area contributed by atoms with Crippen LogP contribution < -0.4 is 10.6 Å². The van der Waals surface area contributed by atoms with Crippen molar-refractivity contribution < 1.29 is 9.59 Å². The van der Waals surface area contributed by atoms with Crippen molar-refractivity contribution in [3.8, 4) is 0 Å². The number of halogens is 1. The van der Waals surface area contributed by atoms with Crippen LogP contribution in [0.2, 0.25) is 5.02 Å². The zero-order chi connectivity index (χ0) is 17.6. The minimum absolute atomic E-state index is 0.180. The van der Waals surface area contributed by atoms with Crippen LogP contribution in [0.4, 0.5) is 5.69 Å². The predicted octanol–water partition coefficient (Wildman–Crippen LogP) is 4.05. The molecule has 0 saturated heterocycles. The molecule has 1 heterocycles. The van der Waals surface area contributed by atoms with E-state index in [1.54, 1.807) is 30.3 Å². The molecule has 0 atom stereocenters. The maximum absolute atomic E-state index is 12.4. The maximum Gasteiger partial charge on any atom is 0.257 e. The van der Waals surface area contributed by atoms with E-state index in [1.807, 2.05) is 0 Å². The number of carbonyl (C=O) groups excluding carboxylic acids is 2. The second kappa shape index (κ2) is 8.12. The number of anilines is 1. The molecule has 25 heavy (non-hydrogen) atoms. The maximum atomic E-state index is 12.4. The van der Waals surface area contributed by atoms with Crippen LogP contribution in [0, 0.1) is 0 Å². The number of pyridine rings is 1. The molecule has 0 aliphatic heterocycles. The zero-order valence-corrected chi connectivity index (χ0v) is 14.6. The van der Waals surface area contributed by atoms with E-state index in [-0.39, 0.29) is 17.9 Å². The highest BCUT2D eigenvalue weighted by Gasteiger charge is 2.18. The molecule has 0 radical (unpaired) electrons. The number of carbonyl (C=O) groups is 2. The summed E-state index contributed by atoms with van der Waals surface area (Å²) in [4.78, 5) is 28.8. The Morgan fingerprint density at radius 3 is 2.28 bits per heavy atom. The molecule has 1 saturated carbocycles. The molecule has 1 aliphatic rings. The molecule has 6 heteroatoms. The highest BCUT2D eigenvalue weighted by molar-refractivity contribution is 6.30. The van der Waals surface area contributed by atoms with Gasteiger partial charge in [0.25, 0.3) is 11.8 Å². The Balaban J connectivity index is 1.66. The first kappa shape index (κ1) is 17.4. The SMILES string of the molecule is O=C(Nc1ccc(Cl)cc1)c1cncc(C(=O)NC2CCCCC2)c1. The largest absolute Gasteiger partial charge is 0.349 e. The molecule has 0 bridgehead atoms. The highest BCUT2D eigenvalue weighted by atomic mass is 35.5. The molecule has 2 amide bonds. The summed E-state index contributed by atoms with van der Waals surface area (Å²) in [5.74, 6) is -0.498. The minimum atomic E-state index is -0.317. The van der Waals surface area contributed by atoms with Crippen LogP contribution in [0.1, 0.15) is 52.8 Å². The van der Waals surface area contributed by atoms with Gasteiger partial charge in [-0.25, -0.2) is 0 Å². The van der Waals surface area contributed by atoms with Gasteiger partial charge in [-0.1, -0.05) is 30.9 Å². The van der Waals surface area contributed by atoms with Crippen molar-refractivity contribution in [1.82, 2.24) is 10.3 Å². The van der Waals surface area contributed by atoms with Crippen molar-refractivity contribution in [2.45, 2.75) is 38.1 Å². The molecule has 5 nitrogen and oxygen atoms in total. The third-order valence-corrected chi connectivity index (χ3v) is 4.56. The van der Waals surface area contributed by atoms with Gasteiger partial charge < -0.3 is 10.6 Å². The van der Waals surface area contributed by atoms with Gasteiger partial charge >= 0.3 is 0 Å². The van der Waals surface area contributed by atoms with E-state index in [0.29, 0.717) is 21.8 Å². The lowest BCUT2D eigenvalue weighted by Gasteiger charge is -2.22. The quantitative estimate of drug-likeness (QED) is 0.867. The van der Waals surface area contributed by atoms with Gasteiger partial charge in [-0.15, -0.1) is 0 Å². The summed E-state index contributed by atoms with van der Waals surface area (Å²) >= 11 is 5.83. The Kier molecular flexibility index (Phi) is 5.66. The van der Waals surface area contributed by atoms with E-state index in [0.717, 1.165) is 25.7 Å². The molecule has 1 aliphatic carbocycles. The monoisotopic (exact) mass is 357 g/mol. The molecular formula is C19H20ClN3O2. The number of hydrogen-bond donors (Lipinski definition) is 2. The molecule has 1 aromatic carbocycles. The fourth-order valence-electron chi connectivity index (χ4n) is 2.94. The molecule has 2 aromatic rings. The standard InChI is InChI=1S/C19H20ClN3O2/c20-15-6-8-17(9-7-15)23-19(25)14-10-13(11-21-12-14)18(24)22-16-4-2-1-3-5-16/h6-12,16H,1-5H2,(H,22,24)(H,23,25). The third kappa shape index (κ3) is 4.79. The molecule has 0 spiro atoms. The second-order valence-electron chi connectivity index (χ2n) is 6.23. The number of nitrogens with zero attached hydrogens (tertiary/aromatic N) is 1. The lowest BCUT2D eigenvalue weighted by molar-refractivity contribution is 0.0927. The van der Waals surface area contributed by atoms with Crippen LogP contribution in [-0.2, 0) is 0 Å². The summed E-state index contributed by atoms with van der Waals surface area (Å²) in [6, 6.07) is 8.61. The summed E-state index contributed by atoms with van der Waals surface area (Å²) in [6.45, 7) is 0. The minimum Gasteiger partial charge on any atom is -0.349 e. The van der Waals surface area contributed by atoms with Crippen molar-refractivity contribution in [3.63, 3.8) is 0 Å². The van der Waals surface area contributed by atoms with Gasteiger partial charge in [-0.05, 0) is 43.2 Å². The Morgan fingerprint density at radius 1 is 0.960 bits per heavy atom. The Morgan fingerprint density at radius 2 is 1.60 bits per heavy atom. The molecule has 0 unspecified atom stereocenters. The van der Waals surface area contributed by atoms with E-state index < -0.39 is 0 Å². The van der Waals surface area contributed by atoms with E-state index in [9.17, 15) is 9.59 Å². The van der Waals surface area contributed by atoms with Gasteiger partial charge in [0.1, 0.15) is 0 Å². The van der Waals surface area contributed by atoms with Crippen LogP contribution in [0.3, 0.4) is 0 Å². The number of nitrogens with one attached hydrogen (secondary N) is 2. The zero-order valence-electron chi connectivity index (χ0n) is 13.8. The summed E-state index contributed by atoms with van der Waals surface area (Å²) < 4.78 is 0. The first-order chi connectivity index (χ1) is 12.1. The number of rotatable bonds is 4. The van der Waals surface area contributed by atoms with Crippen LogP contribution in [0.15, 0.2) is 42.7 Å². The van der Waals surface area contributed by atoms with Crippen LogP contribution in [-0.4, -0.2) is 22.8 Å². The normalized spacial score (nSPS) is 14.8. The van der Waals surface area contributed by atoms with E-state index in [2.05, 4.69) is 15.6 Å². The summed E-state index contributed by atoms with van der Waals surface area (Å²) in [5, 5.41) is 6.39. The van der Waals surface area contributed by atoms with Gasteiger partial charge in [0.2, 0.25) is 0 Å². The average Bonchev–Trinajstić information content (AvgIpc) is 2.64. The molecule has 1 aromatic heterocycles. The Bertz CT molecular complexity index is 756. The first-order valence-electron chi connectivity index (χ1n) is 8.44. The summed E-state index contributed by atoms with van der Waals surface area (Å²) in [5.41, 5.74) is 1.37. The van der Waals surface area contributed by atoms with Gasteiger partial charge in [-0.3, -0.25) is 14.6 Å². The Labute approximate surface area is 151 Å². The summed E-state index contributed by atoms with van der Waals surface area (Å²) in [7, 11) is 0. The molecule has 1 fully saturated rings. The van der Waals surface area contributed by atoms with Gasteiger partial charge in [-0.2, -0.15) is 0 Å². The van der Waals surface area contributed by atoms with E-state index >= 15 is 0 Å². The lowest BCUT2D eigenvalue weighted by atomic mass is 9.95. The van der Waals surface area contributed by atoms with Gasteiger partial charge in [0, 0.05) is 29.1 Å². The number of aromatic nitrogens is 1. The second-order valence-corrected chi connectivity index (χ2v) is 6.67. The molecular weight excluding hydrogens is 338 g/mol. The van der Waals surface area contributed by atoms with Crippen molar-refractivity contribution in [2.24, 2.45) is 0 Å². The average molecular weight is 358 g/mol. The number of amides is 2. The number of hydrogen-bond acceptors (Lipinski definition) is 3. The van der Waals surface area contributed by atoms with Crippen LogP contribution in [0.25, 0.3) is 0 Å². The fourth-order valence-corrected chi connectivity index (χ4v) is 3.07. The molecule has 3 rings (SSSR count). The predicted molar refractivity (Wildman–Crippen MR) is 98.0 cm³/mol. The summed E-state index contributed by atoms with van der Waals surface area (Å²) in [6.07, 6.45) is 8.47. The van der Waals surface area contributed by atoms with E-state index in [1.165, 1.54) is 18.8 Å². The third-order valence-electron chi connectivity index (χ3n) is 4.31. The molecule has 130 valence electrons. The Hall–Kier alpha value is -2.40. The highest BCUT2D eigenvalue weighted by Crippen LogP contribution is 2.18. The van der Waals surface area contributed by atoms with Crippen molar-refractivity contribution in [1.29, 1.82) is 0 Å². The number of benzene rings is 1. The van der Waals surface area contributed by atoms with Crippen LogP contribution in [0.5, 0.6) is 0 Å². The smallest absolute Gasteiger partial charge is 0.257 e. The van der Waals surface area contributed by atoms with Gasteiger partial charge in [0.05, 0.1) is 11.1 Å². The lowest BCUT2D eigenvalue weighted by Crippen LogP contribution is -2.36. The van der Waals surface area contributed by atoms with Crippen LogP contribution >= 0.6 is 11.6 Å².